The van der Waals surface area contributed by atoms with Crippen LogP contribution in [-0.4, -0.2) is 17.7 Å². The molecule has 2 heterocycles. The molecule has 1 atom stereocenters. The number of ether oxygens (including phenoxy) is 2. The van der Waals surface area contributed by atoms with E-state index in [9.17, 15) is 4.79 Å². The Balaban J connectivity index is 1.42. The Hall–Kier alpha value is -3.15. The zero-order valence-corrected chi connectivity index (χ0v) is 20.2. The summed E-state index contributed by atoms with van der Waals surface area (Å²) >= 11 is 12.5. The second-order valence-electron chi connectivity index (χ2n) is 8.33. The van der Waals surface area contributed by atoms with Crippen LogP contribution >= 0.6 is 23.2 Å². The second-order valence-corrected chi connectivity index (χ2v) is 9.15. The molecule has 5 nitrogen and oxygen atoms in total. The molecule has 0 saturated heterocycles. The smallest absolute Gasteiger partial charge is 0.231 e. The summed E-state index contributed by atoms with van der Waals surface area (Å²) in [6.07, 6.45) is 3.19. The van der Waals surface area contributed by atoms with Crippen LogP contribution in [0.25, 0.3) is 10.9 Å². The van der Waals surface area contributed by atoms with Gasteiger partial charge in [-0.25, -0.2) is 0 Å². The zero-order chi connectivity index (χ0) is 23.7. The Morgan fingerprint density at radius 2 is 1.91 bits per heavy atom. The van der Waals surface area contributed by atoms with Crippen LogP contribution in [0, 0.1) is 0 Å². The number of benzene rings is 3. The van der Waals surface area contributed by atoms with Crippen LogP contribution in [0.5, 0.6) is 11.5 Å². The molecule has 1 aliphatic heterocycles. The second kappa shape index (κ2) is 9.61. The van der Waals surface area contributed by atoms with E-state index < -0.39 is 0 Å². The number of para-hydroxylation sites is 1. The monoisotopic (exact) mass is 494 g/mol. The molecule has 174 valence electrons. The van der Waals surface area contributed by atoms with Crippen LogP contribution in [0.4, 0.5) is 0 Å². The first-order chi connectivity index (χ1) is 16.5. The third-order valence-corrected chi connectivity index (χ3v) is 6.99. The summed E-state index contributed by atoms with van der Waals surface area (Å²) in [5.41, 5.74) is 5.29. The minimum absolute atomic E-state index is 0.0604. The molecule has 3 aromatic carbocycles. The van der Waals surface area contributed by atoms with Gasteiger partial charge in [-0.15, -0.1) is 0 Å². The average Bonchev–Trinajstić information content (AvgIpc) is 3.49. The first kappa shape index (κ1) is 22.6. The van der Waals surface area contributed by atoms with Crippen LogP contribution in [0.15, 0.2) is 60.8 Å². The molecule has 1 aliphatic rings. The van der Waals surface area contributed by atoms with Gasteiger partial charge in [0, 0.05) is 36.0 Å². The fourth-order valence-corrected chi connectivity index (χ4v) is 4.77. The number of H-pyrrole nitrogens is 1. The largest absolute Gasteiger partial charge is 0.454 e. The van der Waals surface area contributed by atoms with Crippen LogP contribution in [0.3, 0.4) is 0 Å². The lowest BCUT2D eigenvalue weighted by molar-refractivity contribution is -0.121. The third kappa shape index (κ3) is 4.46. The van der Waals surface area contributed by atoms with Crippen LogP contribution in [0.2, 0.25) is 10.0 Å². The summed E-state index contributed by atoms with van der Waals surface area (Å²) in [7, 11) is 0. The number of nitrogens with one attached hydrogen (secondary N) is 2. The van der Waals surface area contributed by atoms with Gasteiger partial charge in [0.2, 0.25) is 12.7 Å². The van der Waals surface area contributed by atoms with Gasteiger partial charge in [0.15, 0.2) is 11.5 Å². The highest BCUT2D eigenvalue weighted by Gasteiger charge is 2.23. The van der Waals surface area contributed by atoms with Gasteiger partial charge in [-0.1, -0.05) is 60.5 Å². The molecule has 1 unspecified atom stereocenters. The minimum Gasteiger partial charge on any atom is -0.454 e. The molecule has 1 aromatic heterocycles. The molecule has 0 radical (unpaired) electrons. The number of hydrogen-bond donors (Lipinski definition) is 2. The summed E-state index contributed by atoms with van der Waals surface area (Å²) in [6.45, 7) is 2.76. The maximum Gasteiger partial charge on any atom is 0.231 e. The van der Waals surface area contributed by atoms with Gasteiger partial charge in [-0.05, 0) is 52.9 Å². The van der Waals surface area contributed by atoms with Gasteiger partial charge in [-0.2, -0.15) is 0 Å². The molecule has 5 rings (SSSR count). The van der Waals surface area contributed by atoms with Crippen molar-refractivity contribution in [3.05, 3.63) is 93.1 Å². The summed E-state index contributed by atoms with van der Waals surface area (Å²) < 4.78 is 10.8. The molecule has 0 aliphatic carbocycles. The van der Waals surface area contributed by atoms with Gasteiger partial charge in [0.05, 0.1) is 10.0 Å². The number of aromatic nitrogens is 1. The predicted octanol–water partition coefficient (Wildman–Crippen LogP) is 6.60. The van der Waals surface area contributed by atoms with E-state index >= 15 is 0 Å². The van der Waals surface area contributed by atoms with E-state index in [1.807, 2.05) is 36.5 Å². The highest BCUT2D eigenvalue weighted by atomic mass is 35.5. The maximum absolute atomic E-state index is 13.1. The van der Waals surface area contributed by atoms with Crippen molar-refractivity contribution in [1.29, 1.82) is 0 Å². The number of aryl methyl sites for hydroxylation is 1. The van der Waals surface area contributed by atoms with Crippen LogP contribution in [0.1, 0.15) is 41.5 Å². The lowest BCUT2D eigenvalue weighted by Crippen LogP contribution is -2.25. The number of fused-ring (bicyclic) bond motifs is 2. The van der Waals surface area contributed by atoms with Gasteiger partial charge in [0.25, 0.3) is 0 Å². The fraction of sp³-hybridized carbons (Fsp3) is 0.222. The standard InChI is InChI=1S/C27H24Cl2N2O3/c1-2-17-4-3-5-19-21(14-31-27(17)19)20(18-7-8-22(28)23(29)11-18)12-26(32)30-13-16-6-9-24-25(10-16)34-15-33-24/h3-11,14,20,31H,2,12-13,15H2,1H3,(H,30,32). The summed E-state index contributed by atoms with van der Waals surface area (Å²) in [5.74, 6) is 1.17. The number of rotatable bonds is 7. The summed E-state index contributed by atoms with van der Waals surface area (Å²) in [5, 5.41) is 5.12. The SMILES string of the molecule is CCc1cccc2c(C(CC(=O)NCc3ccc4c(c3)OCO4)c3ccc(Cl)c(Cl)c3)c[nH]c12. The topological polar surface area (TPSA) is 63.4 Å². The molecular weight excluding hydrogens is 471 g/mol. The van der Waals surface area contributed by atoms with E-state index in [0.717, 1.165) is 39.8 Å². The summed E-state index contributed by atoms with van der Waals surface area (Å²) in [6, 6.07) is 17.5. The Morgan fingerprint density at radius 1 is 1.06 bits per heavy atom. The quantitative estimate of drug-likeness (QED) is 0.304. The average molecular weight is 495 g/mol. The molecule has 34 heavy (non-hydrogen) atoms. The highest BCUT2D eigenvalue weighted by Crippen LogP contribution is 2.37. The van der Waals surface area contributed by atoms with E-state index in [1.54, 1.807) is 6.07 Å². The molecule has 0 saturated carbocycles. The zero-order valence-electron chi connectivity index (χ0n) is 18.7. The Kier molecular flexibility index (Phi) is 6.40. The van der Waals surface area contributed by atoms with Crippen LogP contribution in [-0.2, 0) is 17.8 Å². The van der Waals surface area contributed by atoms with E-state index in [2.05, 4.69) is 35.4 Å². The third-order valence-electron chi connectivity index (χ3n) is 6.25. The Morgan fingerprint density at radius 3 is 2.74 bits per heavy atom. The maximum atomic E-state index is 13.1. The van der Waals surface area contributed by atoms with Crippen molar-refractivity contribution in [1.82, 2.24) is 10.3 Å². The number of hydrogen-bond acceptors (Lipinski definition) is 3. The van der Waals surface area contributed by atoms with Crippen molar-refractivity contribution < 1.29 is 14.3 Å². The van der Waals surface area contributed by atoms with Crippen molar-refractivity contribution in [3.63, 3.8) is 0 Å². The van der Waals surface area contributed by atoms with E-state index in [-0.39, 0.29) is 25.0 Å². The Bertz CT molecular complexity index is 1370. The Labute approximate surface area is 208 Å². The normalized spacial score (nSPS) is 13.3. The van der Waals surface area contributed by atoms with E-state index in [0.29, 0.717) is 22.3 Å². The molecule has 0 spiro atoms. The van der Waals surface area contributed by atoms with Crippen molar-refractivity contribution in [2.75, 3.05) is 6.79 Å². The highest BCUT2D eigenvalue weighted by molar-refractivity contribution is 6.42. The first-order valence-corrected chi connectivity index (χ1v) is 12.0. The van der Waals surface area contributed by atoms with Crippen molar-refractivity contribution in [2.45, 2.75) is 32.2 Å². The number of carbonyl (C=O) groups is 1. The van der Waals surface area contributed by atoms with Gasteiger partial charge in [0.1, 0.15) is 0 Å². The lowest BCUT2D eigenvalue weighted by atomic mass is 9.87. The van der Waals surface area contributed by atoms with Gasteiger partial charge < -0.3 is 19.8 Å². The van der Waals surface area contributed by atoms with E-state index in [1.165, 1.54) is 5.56 Å². The van der Waals surface area contributed by atoms with Crippen LogP contribution < -0.4 is 14.8 Å². The molecule has 0 fully saturated rings. The fourth-order valence-electron chi connectivity index (χ4n) is 4.47. The molecule has 0 bridgehead atoms. The molecular formula is C27H24Cl2N2O3. The molecule has 2 N–H and O–H groups in total. The number of aromatic amines is 1. The molecule has 4 aromatic rings. The molecule has 1 amide bonds. The van der Waals surface area contributed by atoms with Crippen molar-refractivity contribution >= 4 is 40.0 Å². The minimum atomic E-state index is -0.188. The van der Waals surface area contributed by atoms with E-state index in [4.69, 9.17) is 32.7 Å². The number of amides is 1. The first-order valence-electron chi connectivity index (χ1n) is 11.2. The number of carbonyl (C=O) groups excluding carboxylic acids is 1. The summed E-state index contributed by atoms with van der Waals surface area (Å²) in [4.78, 5) is 16.5. The number of halogens is 2. The molecule has 7 heteroatoms. The predicted molar refractivity (Wildman–Crippen MR) is 135 cm³/mol. The van der Waals surface area contributed by atoms with Gasteiger partial charge >= 0.3 is 0 Å². The lowest BCUT2D eigenvalue weighted by Gasteiger charge is -2.18. The van der Waals surface area contributed by atoms with Gasteiger partial charge in [-0.3, -0.25) is 4.79 Å². The van der Waals surface area contributed by atoms with Crippen molar-refractivity contribution in [2.24, 2.45) is 0 Å². The van der Waals surface area contributed by atoms with Crippen molar-refractivity contribution in [3.8, 4) is 11.5 Å².